The van der Waals surface area contributed by atoms with Crippen LogP contribution < -0.4 is 0 Å². The summed E-state index contributed by atoms with van der Waals surface area (Å²) >= 11 is 14.8. The predicted molar refractivity (Wildman–Crippen MR) is 133 cm³/mol. The van der Waals surface area contributed by atoms with E-state index in [1.165, 1.54) is 0 Å². The Balaban J connectivity index is 1.27. The van der Waals surface area contributed by atoms with Crippen LogP contribution in [-0.4, -0.2) is 120 Å². The minimum absolute atomic E-state index is 0.707. The first-order chi connectivity index (χ1) is 12.7. The van der Waals surface area contributed by atoms with Crippen LogP contribution in [0.1, 0.15) is 0 Å². The quantitative estimate of drug-likeness (QED) is 0.391. The molecule has 0 fully saturated rings. The average Bonchev–Trinajstić information content (AvgIpc) is 3.39. The molecule has 5 aliphatic heterocycles. The molecule has 26 heavy (non-hydrogen) atoms. The van der Waals surface area contributed by atoms with E-state index in [0.717, 1.165) is 89.7 Å². The van der Waals surface area contributed by atoms with Crippen LogP contribution in [0.25, 0.3) is 0 Å². The Morgan fingerprint density at radius 3 is 1.42 bits per heavy atom. The van der Waals surface area contributed by atoms with Crippen molar-refractivity contribution >= 4 is 167 Å². The van der Waals surface area contributed by atoms with Gasteiger partial charge in [-0.3, -0.25) is 0 Å². The van der Waals surface area contributed by atoms with Crippen molar-refractivity contribution in [2.75, 3.05) is 0 Å². The monoisotopic (exact) mass is 945 g/mol. The van der Waals surface area contributed by atoms with Crippen molar-refractivity contribution < 1.29 is 0 Å². The van der Waals surface area contributed by atoms with E-state index >= 15 is 0 Å². The third-order valence-electron chi connectivity index (χ3n) is 3.24. The molecule has 0 bridgehead atoms. The van der Waals surface area contributed by atoms with Crippen LogP contribution >= 0.6 is 47.0 Å². The average molecular weight is 938 g/mol. The van der Waals surface area contributed by atoms with Crippen LogP contribution in [0.2, 0.25) is 22.3 Å². The van der Waals surface area contributed by atoms with E-state index in [2.05, 4.69) is 58.7 Å². The second-order valence-corrected chi connectivity index (χ2v) is 34.4. The zero-order valence-corrected chi connectivity index (χ0v) is 30.3. The Labute approximate surface area is 222 Å². The Hall–Kier alpha value is 4.26. The van der Waals surface area contributed by atoms with Crippen LogP contribution in [0.15, 0.2) is 37.2 Å². The van der Waals surface area contributed by atoms with Gasteiger partial charge in [-0.1, -0.05) is 0 Å². The first-order valence-electron chi connectivity index (χ1n) is 7.23. The van der Waals surface area contributed by atoms with E-state index in [1.807, 2.05) is 20.2 Å². The Morgan fingerprint density at radius 2 is 1.00 bits per heavy atom. The fourth-order valence-electron chi connectivity index (χ4n) is 2.16. The summed E-state index contributed by atoms with van der Waals surface area (Å²) in [6.45, 7) is 0. The van der Waals surface area contributed by atoms with Gasteiger partial charge >= 0.3 is 226 Å². The summed E-state index contributed by atoms with van der Waals surface area (Å²) in [4.78, 5) is 0. The molecule has 5 aliphatic rings. The minimum atomic E-state index is 0.707. The summed E-state index contributed by atoms with van der Waals surface area (Å²) < 4.78 is 18.3. The molecule has 0 N–H and O–H groups in total. The number of hydrogen-bond donors (Lipinski definition) is 0. The molecule has 0 aromatic rings. The molecule has 12 heteroatoms. The van der Waals surface area contributed by atoms with Crippen molar-refractivity contribution in [3.63, 3.8) is 0 Å². The zero-order valence-electron chi connectivity index (χ0n) is 13.3. The predicted octanol–water partition coefficient (Wildman–Crippen LogP) is 3.19. The van der Waals surface area contributed by atoms with Gasteiger partial charge in [-0.15, -0.1) is 0 Å². The fraction of sp³-hybridized carbons (Fsp3) is 0.286. The summed E-state index contributed by atoms with van der Waals surface area (Å²) in [5.41, 5.74) is 0. The molecule has 0 nitrogen and oxygen atoms in total. The third kappa shape index (κ3) is 4.64. The van der Waals surface area contributed by atoms with E-state index in [4.69, 9.17) is 0 Å². The summed E-state index contributed by atoms with van der Waals surface area (Å²) in [5.74, 6) is 4.86. The molecule has 5 rings (SSSR count). The molecule has 0 saturated carbocycles. The van der Waals surface area contributed by atoms with Gasteiger partial charge in [0.25, 0.3) is 0 Å². The third-order valence-corrected chi connectivity index (χ3v) is 43.8. The first kappa shape index (κ1) is 22.1. The van der Waals surface area contributed by atoms with Gasteiger partial charge in [0.2, 0.25) is 0 Å². The maximum absolute atomic E-state index is 2.43. The second kappa shape index (κ2) is 10.0. The summed E-state index contributed by atoms with van der Waals surface area (Å²) in [6, 6.07) is 0. The van der Waals surface area contributed by atoms with Crippen molar-refractivity contribution in [2.45, 2.75) is 22.3 Å². The van der Waals surface area contributed by atoms with E-state index in [-0.39, 0.29) is 0 Å². The standard InChI is InChI=1S/C14H10S4Se8/c1-19-11-12(20-2)24-9(23-11)7-15-5-6(16-7)18-8(17-5)10-25-13-14(26-10)22-4-3-21-13/h3-4H2,1-2H3. The van der Waals surface area contributed by atoms with Gasteiger partial charge in [-0.25, -0.2) is 0 Å². The Kier molecular flexibility index (Phi) is 8.51. The first-order valence-corrected chi connectivity index (χ1v) is 26.6. The normalized spacial score (nSPS) is 26.1. The van der Waals surface area contributed by atoms with E-state index in [0.29, 0.717) is 29.9 Å². The zero-order chi connectivity index (χ0) is 17.7. The molecule has 0 saturated heterocycles. The van der Waals surface area contributed by atoms with E-state index < -0.39 is 0 Å². The van der Waals surface area contributed by atoms with Crippen molar-refractivity contribution in [3.05, 3.63) is 37.2 Å². The van der Waals surface area contributed by atoms with Gasteiger partial charge in [0, 0.05) is 0 Å². The molecule has 0 aliphatic carbocycles. The molecule has 0 atom stereocenters. The Morgan fingerprint density at radius 1 is 0.577 bits per heavy atom. The molecular weight excluding hydrogens is 928 g/mol. The number of thioether (sulfide) groups is 4. The second-order valence-electron chi connectivity index (χ2n) is 4.80. The van der Waals surface area contributed by atoms with Gasteiger partial charge in [-0.2, -0.15) is 0 Å². The van der Waals surface area contributed by atoms with Gasteiger partial charge in [0.1, 0.15) is 0 Å². The van der Waals surface area contributed by atoms with Crippen molar-refractivity contribution in [1.82, 2.24) is 0 Å². The fourth-order valence-corrected chi connectivity index (χ4v) is 47.8. The number of hydrogen-bond acceptors (Lipinski definition) is 4. The molecule has 0 amide bonds. The van der Waals surface area contributed by atoms with Crippen molar-refractivity contribution in [1.29, 1.82) is 0 Å². The summed E-state index contributed by atoms with van der Waals surface area (Å²) in [5, 5.41) is 3.09. The van der Waals surface area contributed by atoms with E-state index in [1.54, 1.807) is 27.6 Å². The van der Waals surface area contributed by atoms with Crippen LogP contribution in [-0.2, 0) is 0 Å². The van der Waals surface area contributed by atoms with E-state index in [9.17, 15) is 0 Å². The molecule has 0 aromatic heterocycles. The Bertz CT molecular complexity index is 732. The SMILES string of the molecule is C[Se]C1=C([Se]C)[Se]C(=C2SC3=C(S2)SC(=C2[Se]C4=C([Se]CC[Se]4)[Se]2)S3)[Se]1. The van der Waals surface area contributed by atoms with Gasteiger partial charge in [0.15, 0.2) is 0 Å². The molecular formula is C14H10S4Se8. The topological polar surface area (TPSA) is 0 Å². The van der Waals surface area contributed by atoms with Crippen molar-refractivity contribution in [2.24, 2.45) is 0 Å². The van der Waals surface area contributed by atoms with Crippen LogP contribution in [0.3, 0.4) is 0 Å². The summed E-state index contributed by atoms with van der Waals surface area (Å²) in [7, 11) is 0. The van der Waals surface area contributed by atoms with Gasteiger partial charge < -0.3 is 0 Å². The van der Waals surface area contributed by atoms with Gasteiger partial charge in [0.05, 0.1) is 0 Å². The van der Waals surface area contributed by atoms with Gasteiger partial charge in [-0.05, 0) is 0 Å². The molecule has 0 aromatic carbocycles. The molecule has 0 unspecified atom stereocenters. The summed E-state index contributed by atoms with van der Waals surface area (Å²) in [6.07, 6.45) is 0. The van der Waals surface area contributed by atoms with Crippen molar-refractivity contribution in [3.8, 4) is 0 Å². The molecule has 0 spiro atoms. The number of rotatable bonds is 2. The maximum atomic E-state index is 2.43. The van der Waals surface area contributed by atoms with Crippen LogP contribution in [0, 0.1) is 0 Å². The molecule has 5 heterocycles. The van der Waals surface area contributed by atoms with Crippen LogP contribution in [0.5, 0.6) is 0 Å². The molecule has 138 valence electrons. The van der Waals surface area contributed by atoms with Crippen LogP contribution in [0.4, 0.5) is 0 Å². The molecule has 0 radical (unpaired) electrons.